The second-order valence-corrected chi connectivity index (χ2v) is 5.65. The van der Waals surface area contributed by atoms with Gasteiger partial charge < -0.3 is 5.11 Å². The molecule has 0 aliphatic carbocycles. The summed E-state index contributed by atoms with van der Waals surface area (Å²) in [6, 6.07) is 4.97. The molecule has 0 radical (unpaired) electrons. The Morgan fingerprint density at radius 2 is 2.11 bits per heavy atom. The first-order valence-electron chi connectivity index (χ1n) is 4.94. The number of rotatable bonds is 4. The van der Waals surface area contributed by atoms with Gasteiger partial charge in [-0.3, -0.25) is 9.82 Å². The van der Waals surface area contributed by atoms with Gasteiger partial charge in [-0.05, 0) is 24.3 Å². The monoisotopic (exact) mass is 301 g/mol. The normalized spacial score (nSPS) is 11.2. The zero-order valence-corrected chi connectivity index (χ0v) is 10.9. The number of aromatic amines is 1. The molecule has 0 spiro atoms. The lowest BCUT2D eigenvalue weighted by molar-refractivity contribution is 0.0697. The zero-order valence-electron chi connectivity index (χ0n) is 9.29. The summed E-state index contributed by atoms with van der Waals surface area (Å²) in [5.74, 6) is -1.20. The molecule has 0 bridgehead atoms. The van der Waals surface area contributed by atoms with Crippen molar-refractivity contribution in [2.75, 3.05) is 4.72 Å². The van der Waals surface area contributed by atoms with E-state index in [1.54, 1.807) is 0 Å². The van der Waals surface area contributed by atoms with E-state index in [9.17, 15) is 13.2 Å². The summed E-state index contributed by atoms with van der Waals surface area (Å²) in [6.07, 6.45) is 1.29. The fourth-order valence-electron chi connectivity index (χ4n) is 1.37. The molecule has 0 unspecified atom stereocenters. The standard InChI is InChI=1S/C10H8ClN3O4S/c11-7-3-6(10(15)16)4-8(5-7)14-19(17,18)9-1-2-12-13-9/h1-5,14H,(H,12,13)(H,15,16). The van der Waals surface area contributed by atoms with Gasteiger partial charge >= 0.3 is 5.97 Å². The van der Waals surface area contributed by atoms with Gasteiger partial charge in [0.15, 0.2) is 5.03 Å². The Balaban J connectivity index is 2.37. The van der Waals surface area contributed by atoms with Crippen LogP contribution in [0.3, 0.4) is 0 Å². The van der Waals surface area contributed by atoms with Crippen molar-refractivity contribution in [3.63, 3.8) is 0 Å². The minimum absolute atomic E-state index is 0.0551. The van der Waals surface area contributed by atoms with E-state index in [0.29, 0.717) is 0 Å². The van der Waals surface area contributed by atoms with Crippen LogP contribution in [0.25, 0.3) is 0 Å². The number of anilines is 1. The van der Waals surface area contributed by atoms with Gasteiger partial charge in [0.1, 0.15) is 0 Å². The van der Waals surface area contributed by atoms with Crippen molar-refractivity contribution in [1.82, 2.24) is 10.2 Å². The Morgan fingerprint density at radius 3 is 2.68 bits per heavy atom. The van der Waals surface area contributed by atoms with E-state index in [-0.39, 0.29) is 21.3 Å². The third-order valence-electron chi connectivity index (χ3n) is 2.16. The van der Waals surface area contributed by atoms with Gasteiger partial charge in [-0.15, -0.1) is 0 Å². The van der Waals surface area contributed by atoms with Gasteiger partial charge in [-0.2, -0.15) is 13.5 Å². The average Bonchev–Trinajstić information content (AvgIpc) is 2.81. The number of aromatic carboxylic acids is 1. The number of nitrogens with one attached hydrogen (secondary N) is 2. The summed E-state index contributed by atoms with van der Waals surface area (Å²) in [4.78, 5) is 10.8. The van der Waals surface area contributed by atoms with Gasteiger partial charge in [0.25, 0.3) is 10.0 Å². The molecule has 2 aromatic rings. The lowest BCUT2D eigenvalue weighted by Crippen LogP contribution is -2.14. The van der Waals surface area contributed by atoms with Crippen LogP contribution in [0.5, 0.6) is 0 Å². The predicted octanol–water partition coefficient (Wildman–Crippen LogP) is 1.56. The maximum atomic E-state index is 11.9. The van der Waals surface area contributed by atoms with Crippen molar-refractivity contribution in [2.24, 2.45) is 0 Å². The van der Waals surface area contributed by atoms with E-state index >= 15 is 0 Å². The van der Waals surface area contributed by atoms with E-state index in [1.165, 1.54) is 30.5 Å². The number of aromatic nitrogens is 2. The molecule has 3 N–H and O–H groups in total. The maximum absolute atomic E-state index is 11.9. The first-order valence-corrected chi connectivity index (χ1v) is 6.81. The number of hydrogen-bond donors (Lipinski definition) is 3. The Morgan fingerprint density at radius 1 is 1.37 bits per heavy atom. The summed E-state index contributed by atoms with van der Waals surface area (Å²) < 4.78 is 26.0. The van der Waals surface area contributed by atoms with Crippen LogP contribution in [0.2, 0.25) is 5.02 Å². The van der Waals surface area contributed by atoms with Crippen molar-refractivity contribution < 1.29 is 18.3 Å². The largest absolute Gasteiger partial charge is 0.478 e. The first-order chi connectivity index (χ1) is 8.88. The lowest BCUT2D eigenvalue weighted by atomic mass is 10.2. The molecule has 9 heteroatoms. The van der Waals surface area contributed by atoms with E-state index in [2.05, 4.69) is 14.9 Å². The van der Waals surface area contributed by atoms with Crippen LogP contribution in [0.1, 0.15) is 10.4 Å². The van der Waals surface area contributed by atoms with E-state index in [1.807, 2.05) is 0 Å². The number of sulfonamides is 1. The Hall–Kier alpha value is -2.06. The summed E-state index contributed by atoms with van der Waals surface area (Å²) in [6.45, 7) is 0. The fourth-order valence-corrected chi connectivity index (χ4v) is 2.56. The molecule has 1 heterocycles. The molecule has 0 aliphatic rings. The Kier molecular flexibility index (Phi) is 3.45. The maximum Gasteiger partial charge on any atom is 0.335 e. The van der Waals surface area contributed by atoms with Crippen LogP contribution in [-0.2, 0) is 10.0 Å². The summed E-state index contributed by atoms with van der Waals surface area (Å²) in [5.41, 5.74) is -0.0608. The molecule has 1 aromatic carbocycles. The lowest BCUT2D eigenvalue weighted by Gasteiger charge is -2.07. The molecule has 7 nitrogen and oxygen atoms in total. The second kappa shape index (κ2) is 4.90. The molecule has 0 aliphatic heterocycles. The van der Waals surface area contributed by atoms with E-state index < -0.39 is 16.0 Å². The molecule has 0 fully saturated rings. The number of halogens is 1. The molecule has 2 rings (SSSR count). The zero-order chi connectivity index (χ0) is 14.0. The molecule has 0 saturated heterocycles. The number of nitrogens with zero attached hydrogens (tertiary/aromatic N) is 1. The van der Waals surface area contributed by atoms with Crippen LogP contribution < -0.4 is 4.72 Å². The average molecular weight is 302 g/mol. The molecule has 19 heavy (non-hydrogen) atoms. The number of carboxylic acid groups (broad SMARTS) is 1. The Labute approximate surface area is 113 Å². The highest BCUT2D eigenvalue weighted by Crippen LogP contribution is 2.21. The van der Waals surface area contributed by atoms with Crippen molar-refractivity contribution in [3.05, 3.63) is 41.0 Å². The first kappa shape index (κ1) is 13.4. The van der Waals surface area contributed by atoms with E-state index in [4.69, 9.17) is 16.7 Å². The number of H-pyrrole nitrogens is 1. The van der Waals surface area contributed by atoms with Crippen molar-refractivity contribution in [2.45, 2.75) is 5.03 Å². The van der Waals surface area contributed by atoms with Crippen LogP contribution in [-0.4, -0.2) is 29.7 Å². The number of carbonyl (C=O) groups is 1. The quantitative estimate of drug-likeness (QED) is 0.793. The molecular formula is C10H8ClN3O4S. The molecule has 0 amide bonds. The number of carboxylic acids is 1. The van der Waals surface area contributed by atoms with Crippen LogP contribution in [0.15, 0.2) is 35.5 Å². The molecule has 0 atom stereocenters. The van der Waals surface area contributed by atoms with Gasteiger partial charge in [0.2, 0.25) is 0 Å². The van der Waals surface area contributed by atoms with Crippen molar-refractivity contribution in [1.29, 1.82) is 0 Å². The highest BCUT2D eigenvalue weighted by molar-refractivity contribution is 7.92. The van der Waals surface area contributed by atoms with Crippen LogP contribution in [0, 0.1) is 0 Å². The molecule has 100 valence electrons. The van der Waals surface area contributed by atoms with Crippen molar-refractivity contribution in [3.8, 4) is 0 Å². The highest BCUT2D eigenvalue weighted by atomic mass is 35.5. The topological polar surface area (TPSA) is 112 Å². The SMILES string of the molecule is O=C(O)c1cc(Cl)cc(NS(=O)(=O)c2ccn[nH]2)c1. The predicted molar refractivity (Wildman–Crippen MR) is 67.8 cm³/mol. The smallest absolute Gasteiger partial charge is 0.335 e. The summed E-state index contributed by atoms with van der Waals surface area (Å²) >= 11 is 5.73. The van der Waals surface area contributed by atoms with Crippen LogP contribution in [0.4, 0.5) is 5.69 Å². The van der Waals surface area contributed by atoms with Gasteiger partial charge in [-0.1, -0.05) is 11.6 Å². The third-order valence-corrected chi connectivity index (χ3v) is 3.69. The van der Waals surface area contributed by atoms with Crippen LogP contribution >= 0.6 is 11.6 Å². The fraction of sp³-hybridized carbons (Fsp3) is 0. The number of hydrogen-bond acceptors (Lipinski definition) is 4. The summed E-state index contributed by atoms with van der Waals surface area (Å²) in [5, 5.41) is 14.7. The second-order valence-electron chi connectivity index (χ2n) is 3.56. The summed E-state index contributed by atoms with van der Waals surface area (Å²) in [7, 11) is -3.85. The minimum atomic E-state index is -3.85. The third kappa shape index (κ3) is 3.04. The molecular weight excluding hydrogens is 294 g/mol. The minimum Gasteiger partial charge on any atom is -0.478 e. The van der Waals surface area contributed by atoms with Gasteiger partial charge in [0, 0.05) is 5.02 Å². The van der Waals surface area contributed by atoms with Gasteiger partial charge in [0.05, 0.1) is 17.4 Å². The van der Waals surface area contributed by atoms with Gasteiger partial charge in [-0.25, -0.2) is 4.79 Å². The number of benzene rings is 1. The molecule has 1 aromatic heterocycles. The Bertz CT molecular complexity index is 712. The van der Waals surface area contributed by atoms with E-state index in [0.717, 1.165) is 0 Å². The van der Waals surface area contributed by atoms with Crippen molar-refractivity contribution >= 4 is 33.3 Å². The molecule has 0 saturated carbocycles. The highest BCUT2D eigenvalue weighted by Gasteiger charge is 2.16.